The van der Waals surface area contributed by atoms with Crippen LogP contribution in [-0.4, -0.2) is 6.54 Å². The number of hydrogen-bond acceptors (Lipinski definition) is 2. The number of rotatable bonds is 5. The van der Waals surface area contributed by atoms with E-state index < -0.39 is 0 Å². The van der Waals surface area contributed by atoms with Crippen LogP contribution >= 0.6 is 15.9 Å². The Morgan fingerprint density at radius 1 is 1.24 bits per heavy atom. The maximum Gasteiger partial charge on any atom is 0.142 e. The van der Waals surface area contributed by atoms with Crippen molar-refractivity contribution >= 4 is 15.9 Å². The van der Waals surface area contributed by atoms with Crippen molar-refractivity contribution in [1.82, 2.24) is 5.32 Å². The zero-order valence-electron chi connectivity index (χ0n) is 12.9. The van der Waals surface area contributed by atoms with Crippen LogP contribution in [-0.2, 0) is 0 Å². The van der Waals surface area contributed by atoms with E-state index >= 15 is 0 Å². The molecule has 0 saturated heterocycles. The van der Waals surface area contributed by atoms with Gasteiger partial charge in [0.1, 0.15) is 17.3 Å². The molecule has 0 spiro atoms. The van der Waals surface area contributed by atoms with Gasteiger partial charge in [-0.1, -0.05) is 19.1 Å². The first kappa shape index (κ1) is 16.2. The lowest BCUT2D eigenvalue weighted by atomic mass is 9.95. The van der Waals surface area contributed by atoms with Crippen molar-refractivity contribution in [2.24, 2.45) is 0 Å². The molecule has 1 N–H and O–H groups in total. The zero-order chi connectivity index (χ0) is 15.6. The van der Waals surface area contributed by atoms with Crippen molar-refractivity contribution < 1.29 is 8.81 Å². The van der Waals surface area contributed by atoms with E-state index in [0.29, 0.717) is 10.0 Å². The maximum absolute atomic E-state index is 14.5. The number of halogens is 2. The van der Waals surface area contributed by atoms with E-state index in [1.54, 1.807) is 6.07 Å². The Morgan fingerprint density at radius 3 is 2.52 bits per heavy atom. The molecule has 21 heavy (non-hydrogen) atoms. The highest BCUT2D eigenvalue weighted by Crippen LogP contribution is 2.34. The summed E-state index contributed by atoms with van der Waals surface area (Å²) in [5, 5.41) is 3.44. The van der Waals surface area contributed by atoms with Gasteiger partial charge in [0.2, 0.25) is 0 Å². The van der Waals surface area contributed by atoms with Crippen molar-refractivity contribution in [3.05, 3.63) is 56.7 Å². The molecule has 1 atom stereocenters. The molecule has 0 aliphatic heterocycles. The highest BCUT2D eigenvalue weighted by molar-refractivity contribution is 9.10. The van der Waals surface area contributed by atoms with E-state index in [4.69, 9.17) is 4.42 Å². The van der Waals surface area contributed by atoms with Gasteiger partial charge in [-0.15, -0.1) is 0 Å². The van der Waals surface area contributed by atoms with E-state index in [1.165, 1.54) is 0 Å². The molecule has 0 saturated carbocycles. The molecular formula is C17H21BrFNO. The fourth-order valence-corrected chi connectivity index (χ4v) is 3.02. The first-order valence-corrected chi connectivity index (χ1v) is 8.00. The van der Waals surface area contributed by atoms with Crippen molar-refractivity contribution in [2.75, 3.05) is 6.54 Å². The maximum atomic E-state index is 14.5. The third-order valence-electron chi connectivity index (χ3n) is 3.80. The molecule has 1 aromatic carbocycles. The van der Waals surface area contributed by atoms with Gasteiger partial charge in [0.25, 0.3) is 0 Å². The molecule has 4 heteroatoms. The molecule has 0 radical (unpaired) electrons. The second-order valence-electron chi connectivity index (χ2n) is 5.28. The minimum Gasteiger partial charge on any atom is -0.466 e. The van der Waals surface area contributed by atoms with E-state index in [0.717, 1.165) is 35.6 Å². The van der Waals surface area contributed by atoms with Crippen LogP contribution in [0.4, 0.5) is 4.39 Å². The number of nitrogens with one attached hydrogen (secondary N) is 1. The summed E-state index contributed by atoms with van der Waals surface area (Å²) in [6.07, 6.45) is 0.987. The summed E-state index contributed by atoms with van der Waals surface area (Å²) < 4.78 is 20.7. The predicted molar refractivity (Wildman–Crippen MR) is 87.2 cm³/mol. The molecule has 2 rings (SSSR count). The third kappa shape index (κ3) is 3.22. The van der Waals surface area contributed by atoms with Gasteiger partial charge in [0.05, 0.1) is 10.5 Å². The topological polar surface area (TPSA) is 25.2 Å². The van der Waals surface area contributed by atoms with Gasteiger partial charge in [0, 0.05) is 11.1 Å². The Hall–Kier alpha value is -1.13. The molecule has 0 bridgehead atoms. The molecule has 2 nitrogen and oxygen atoms in total. The summed E-state index contributed by atoms with van der Waals surface area (Å²) in [7, 11) is 0. The van der Waals surface area contributed by atoms with E-state index in [9.17, 15) is 4.39 Å². The van der Waals surface area contributed by atoms with Crippen molar-refractivity contribution in [1.29, 1.82) is 0 Å². The minimum atomic E-state index is -0.219. The van der Waals surface area contributed by atoms with Gasteiger partial charge in [0.15, 0.2) is 0 Å². The van der Waals surface area contributed by atoms with Crippen LogP contribution in [0.2, 0.25) is 0 Å². The molecule has 0 aliphatic carbocycles. The summed E-state index contributed by atoms with van der Waals surface area (Å²) in [5.41, 5.74) is 2.77. The van der Waals surface area contributed by atoms with Gasteiger partial charge in [-0.2, -0.15) is 0 Å². The standard InChI is InChI=1S/C17H21BrFNO/c1-5-9-20-17(13-7-6-8-14(18)16(13)19)15-10(2)11(3)21-12(15)4/h6-8,17,20H,5,9H2,1-4H3. The molecule has 1 unspecified atom stereocenters. The first-order valence-electron chi connectivity index (χ1n) is 7.21. The first-order chi connectivity index (χ1) is 9.97. The Morgan fingerprint density at radius 2 is 1.95 bits per heavy atom. The van der Waals surface area contributed by atoms with Crippen LogP contribution in [0.1, 0.15) is 47.6 Å². The molecule has 0 amide bonds. The lowest BCUT2D eigenvalue weighted by Gasteiger charge is -2.21. The van der Waals surface area contributed by atoms with Crippen molar-refractivity contribution in [3.63, 3.8) is 0 Å². The van der Waals surface area contributed by atoms with Crippen LogP contribution < -0.4 is 5.32 Å². The molecule has 1 heterocycles. The lowest BCUT2D eigenvalue weighted by molar-refractivity contribution is 0.489. The molecule has 2 aromatic rings. The van der Waals surface area contributed by atoms with Gasteiger partial charge in [-0.05, 0) is 61.3 Å². The van der Waals surface area contributed by atoms with Crippen LogP contribution in [0.15, 0.2) is 27.1 Å². The predicted octanol–water partition coefficient (Wildman–Crippen LogP) is 5.20. The summed E-state index contributed by atoms with van der Waals surface area (Å²) in [6.45, 7) is 8.82. The van der Waals surface area contributed by atoms with Gasteiger partial charge in [-0.25, -0.2) is 4.39 Å². The molecule has 0 aliphatic rings. The zero-order valence-corrected chi connectivity index (χ0v) is 14.5. The van der Waals surface area contributed by atoms with E-state index in [1.807, 2.05) is 32.9 Å². The highest BCUT2D eigenvalue weighted by atomic mass is 79.9. The van der Waals surface area contributed by atoms with Gasteiger partial charge in [-0.3, -0.25) is 0 Å². The molecule has 1 aromatic heterocycles. The Labute approximate surface area is 133 Å². The highest BCUT2D eigenvalue weighted by Gasteiger charge is 2.25. The second-order valence-corrected chi connectivity index (χ2v) is 6.14. The van der Waals surface area contributed by atoms with Crippen molar-refractivity contribution in [2.45, 2.75) is 40.2 Å². The SMILES string of the molecule is CCCNC(c1cccc(Br)c1F)c1c(C)oc(C)c1C. The van der Waals surface area contributed by atoms with E-state index in [2.05, 4.69) is 28.2 Å². The quantitative estimate of drug-likeness (QED) is 0.799. The lowest BCUT2D eigenvalue weighted by Crippen LogP contribution is -2.25. The van der Waals surface area contributed by atoms with Crippen molar-refractivity contribution in [3.8, 4) is 0 Å². The minimum absolute atomic E-state index is 0.195. The van der Waals surface area contributed by atoms with Crippen LogP contribution in [0.25, 0.3) is 0 Å². The number of furan rings is 1. The number of aryl methyl sites for hydroxylation is 2. The molecule has 114 valence electrons. The molecular weight excluding hydrogens is 333 g/mol. The Kier molecular flexibility index (Phi) is 5.22. The number of benzene rings is 1. The summed E-state index contributed by atoms with van der Waals surface area (Å²) >= 11 is 3.27. The van der Waals surface area contributed by atoms with Crippen LogP contribution in [0.5, 0.6) is 0 Å². The van der Waals surface area contributed by atoms with Gasteiger partial charge < -0.3 is 9.73 Å². The van der Waals surface area contributed by atoms with E-state index in [-0.39, 0.29) is 11.9 Å². The fraction of sp³-hybridized carbons (Fsp3) is 0.412. The normalized spacial score (nSPS) is 12.7. The smallest absolute Gasteiger partial charge is 0.142 e. The molecule has 0 fully saturated rings. The summed E-state index contributed by atoms with van der Waals surface area (Å²) in [4.78, 5) is 0. The Balaban J connectivity index is 2.55. The fourth-order valence-electron chi connectivity index (χ4n) is 2.63. The Bertz CT molecular complexity index is 636. The summed E-state index contributed by atoms with van der Waals surface area (Å²) in [5.74, 6) is 1.52. The van der Waals surface area contributed by atoms with Gasteiger partial charge >= 0.3 is 0 Å². The average Bonchev–Trinajstić information content (AvgIpc) is 2.69. The third-order valence-corrected chi connectivity index (χ3v) is 4.41. The average molecular weight is 354 g/mol. The summed E-state index contributed by atoms with van der Waals surface area (Å²) in [6, 6.07) is 5.21. The van der Waals surface area contributed by atoms with Crippen LogP contribution in [0.3, 0.4) is 0 Å². The monoisotopic (exact) mass is 353 g/mol. The largest absolute Gasteiger partial charge is 0.466 e. The second kappa shape index (κ2) is 6.75. The number of hydrogen-bond donors (Lipinski definition) is 1. The van der Waals surface area contributed by atoms with Crippen LogP contribution in [0, 0.1) is 26.6 Å².